The summed E-state index contributed by atoms with van der Waals surface area (Å²) in [6, 6.07) is 12.3. The summed E-state index contributed by atoms with van der Waals surface area (Å²) in [5.74, 6) is -0.166. The van der Waals surface area contributed by atoms with Crippen molar-refractivity contribution in [3.8, 4) is 11.5 Å². The maximum absolute atomic E-state index is 12.7. The molecule has 2 aromatic heterocycles. The molecule has 1 aromatic carbocycles. The summed E-state index contributed by atoms with van der Waals surface area (Å²) in [6.45, 7) is 5.53. The van der Waals surface area contributed by atoms with Gasteiger partial charge in [0.05, 0.1) is 6.61 Å². The number of Topliss-reactive ketones (excluding diaryl/α,β-unsaturated/α-hetero) is 1. The second-order valence-corrected chi connectivity index (χ2v) is 9.49. The molecule has 0 aliphatic heterocycles. The van der Waals surface area contributed by atoms with E-state index in [0.717, 1.165) is 5.56 Å². The van der Waals surface area contributed by atoms with Crippen LogP contribution in [0.15, 0.2) is 59.7 Å². The lowest BCUT2D eigenvalue weighted by Crippen LogP contribution is -2.21. The van der Waals surface area contributed by atoms with Crippen molar-refractivity contribution in [2.45, 2.75) is 26.2 Å². The van der Waals surface area contributed by atoms with Crippen molar-refractivity contribution in [1.29, 1.82) is 0 Å². The summed E-state index contributed by atoms with van der Waals surface area (Å²) >= 11 is 0. The molecule has 156 valence electrons. The molecule has 7 nitrogen and oxygen atoms in total. The highest BCUT2D eigenvalue weighted by molar-refractivity contribution is 7.66. The van der Waals surface area contributed by atoms with Crippen molar-refractivity contribution in [1.82, 2.24) is 15.0 Å². The van der Waals surface area contributed by atoms with Gasteiger partial charge in [-0.15, -0.1) is 0 Å². The summed E-state index contributed by atoms with van der Waals surface area (Å²) < 4.78 is 17.8. The fraction of sp³-hybridized carbons (Fsp3) is 0.273. The zero-order valence-corrected chi connectivity index (χ0v) is 18.1. The molecule has 1 N–H and O–H groups in total. The van der Waals surface area contributed by atoms with Crippen LogP contribution in [0.2, 0.25) is 0 Å². The maximum Gasteiger partial charge on any atom is 0.254 e. The van der Waals surface area contributed by atoms with Gasteiger partial charge in [0.1, 0.15) is 11.5 Å². The first-order valence-electron chi connectivity index (χ1n) is 9.66. The Kier molecular flexibility index (Phi) is 6.75. The van der Waals surface area contributed by atoms with Gasteiger partial charge in [-0.05, 0) is 36.8 Å². The molecule has 3 rings (SSSR count). The number of ketones is 1. The van der Waals surface area contributed by atoms with E-state index >= 15 is 0 Å². The van der Waals surface area contributed by atoms with Gasteiger partial charge in [0.15, 0.2) is 5.82 Å². The largest absolute Gasteiger partial charge is 0.326 e. The van der Waals surface area contributed by atoms with Gasteiger partial charge >= 0.3 is 0 Å². The second kappa shape index (κ2) is 9.28. The number of nitrogens with one attached hydrogen (secondary N) is 1. The van der Waals surface area contributed by atoms with E-state index in [4.69, 9.17) is 4.52 Å². The average Bonchev–Trinajstić information content (AvgIpc) is 2.75. The van der Waals surface area contributed by atoms with Crippen molar-refractivity contribution in [2.75, 3.05) is 13.3 Å². The number of aromatic amines is 1. The molecule has 2 unspecified atom stereocenters. The fourth-order valence-corrected chi connectivity index (χ4v) is 4.39. The molecule has 0 amide bonds. The van der Waals surface area contributed by atoms with Crippen LogP contribution in [0.3, 0.4) is 0 Å². The Hall–Kier alpha value is -2.89. The van der Waals surface area contributed by atoms with E-state index in [-0.39, 0.29) is 17.8 Å². The highest BCUT2D eigenvalue weighted by Crippen LogP contribution is 2.41. The Morgan fingerprint density at radius 2 is 1.90 bits per heavy atom. The van der Waals surface area contributed by atoms with Crippen molar-refractivity contribution in [3.63, 3.8) is 0 Å². The Morgan fingerprint density at radius 1 is 1.17 bits per heavy atom. The monoisotopic (exact) mass is 425 g/mol. The van der Waals surface area contributed by atoms with E-state index < -0.39 is 13.3 Å². The first-order chi connectivity index (χ1) is 14.3. The van der Waals surface area contributed by atoms with E-state index in [1.807, 2.05) is 0 Å². The number of carbonyl (C=O) groups is 1. The highest BCUT2D eigenvalue weighted by Gasteiger charge is 2.21. The van der Waals surface area contributed by atoms with Crippen molar-refractivity contribution < 1.29 is 13.9 Å². The fourth-order valence-electron chi connectivity index (χ4n) is 3.06. The quantitative estimate of drug-likeness (QED) is 0.556. The zero-order chi connectivity index (χ0) is 21.7. The smallest absolute Gasteiger partial charge is 0.254 e. The number of H-pyrrole nitrogens is 1. The number of carbonyl (C=O) groups excluding carboxylic acids is 1. The first kappa shape index (κ1) is 21.8. The van der Waals surface area contributed by atoms with Crippen molar-refractivity contribution >= 4 is 18.5 Å². The van der Waals surface area contributed by atoms with Gasteiger partial charge in [-0.3, -0.25) is 19.1 Å². The summed E-state index contributed by atoms with van der Waals surface area (Å²) in [4.78, 5) is 36.2. The molecule has 0 aliphatic carbocycles. The highest BCUT2D eigenvalue weighted by atomic mass is 31.2. The Bertz CT molecular complexity index is 1130. The number of nitrogens with zero attached hydrogens (tertiary/aromatic N) is 2. The zero-order valence-electron chi connectivity index (χ0n) is 17.2. The van der Waals surface area contributed by atoms with Crippen LogP contribution in [-0.4, -0.2) is 34.0 Å². The molecule has 0 saturated heterocycles. The summed E-state index contributed by atoms with van der Waals surface area (Å²) in [5.41, 5.74) is 1.29. The van der Waals surface area contributed by atoms with Crippen molar-refractivity contribution in [2.24, 2.45) is 0 Å². The normalized spacial score (nSPS) is 14.1. The minimum absolute atomic E-state index is 0.0288. The third kappa shape index (κ3) is 4.99. The van der Waals surface area contributed by atoms with E-state index in [0.29, 0.717) is 29.0 Å². The van der Waals surface area contributed by atoms with Crippen LogP contribution < -0.4 is 10.9 Å². The molecular weight excluding hydrogens is 401 g/mol. The van der Waals surface area contributed by atoms with Crippen LogP contribution in [0.1, 0.15) is 30.9 Å². The Morgan fingerprint density at radius 3 is 2.50 bits per heavy atom. The second-order valence-electron chi connectivity index (χ2n) is 7.02. The van der Waals surface area contributed by atoms with Crippen LogP contribution in [-0.2, 0) is 20.3 Å². The number of rotatable bonds is 8. The molecule has 8 heteroatoms. The van der Waals surface area contributed by atoms with Gasteiger partial charge in [0, 0.05) is 42.3 Å². The van der Waals surface area contributed by atoms with Crippen LogP contribution in [0.5, 0.6) is 0 Å². The molecule has 2 atom stereocenters. The van der Waals surface area contributed by atoms with Gasteiger partial charge in [-0.25, -0.2) is 4.98 Å². The molecular formula is C22H24N3O4P. The summed E-state index contributed by atoms with van der Waals surface area (Å²) in [7, 11) is -2.85. The lowest BCUT2D eigenvalue weighted by molar-refractivity contribution is -0.119. The van der Waals surface area contributed by atoms with Crippen molar-refractivity contribution in [3.05, 3.63) is 76.3 Å². The molecule has 0 bridgehead atoms. The van der Waals surface area contributed by atoms with E-state index in [1.165, 1.54) is 6.20 Å². The third-order valence-corrected chi connectivity index (χ3v) is 6.85. The molecule has 0 aliphatic rings. The number of benzene rings is 1. The predicted molar refractivity (Wildman–Crippen MR) is 116 cm³/mol. The third-order valence-electron chi connectivity index (χ3n) is 4.87. The molecule has 0 fully saturated rings. The molecule has 2 heterocycles. The minimum Gasteiger partial charge on any atom is -0.326 e. The molecule has 0 spiro atoms. The molecule has 3 aromatic rings. The molecule has 0 saturated carbocycles. The molecule has 0 radical (unpaired) electrons. The van der Waals surface area contributed by atoms with Crippen LogP contribution >= 0.6 is 7.37 Å². The average molecular weight is 425 g/mol. The Labute approximate surface area is 175 Å². The van der Waals surface area contributed by atoms with E-state index in [1.54, 1.807) is 69.2 Å². The number of hydrogen-bond acceptors (Lipinski definition) is 6. The van der Waals surface area contributed by atoms with Gasteiger partial charge in [-0.2, -0.15) is 0 Å². The van der Waals surface area contributed by atoms with Gasteiger partial charge in [0.2, 0.25) is 7.37 Å². The minimum atomic E-state index is -2.85. The molecule has 30 heavy (non-hydrogen) atoms. The van der Waals surface area contributed by atoms with E-state index in [9.17, 15) is 14.2 Å². The summed E-state index contributed by atoms with van der Waals surface area (Å²) in [6.07, 6.45) is 3.01. The standard InChI is InChI=1S/C22H24N3O4P/c1-4-29-30(3,28)18-10-8-16(9-11-18)15(2)20(26)13-17-14-24-21(25-22(17)27)19-7-5-6-12-23-19/h5-12,14-15H,4,13H2,1-3H3,(H,24,25,27). The van der Waals surface area contributed by atoms with E-state index in [2.05, 4.69) is 15.0 Å². The number of pyridine rings is 1. The Balaban J connectivity index is 1.73. The van der Waals surface area contributed by atoms with Crippen LogP contribution in [0.4, 0.5) is 0 Å². The number of aromatic nitrogens is 3. The van der Waals surface area contributed by atoms with Gasteiger partial charge in [0.25, 0.3) is 5.56 Å². The first-order valence-corrected chi connectivity index (χ1v) is 11.7. The predicted octanol–water partition coefficient (Wildman–Crippen LogP) is 3.32. The van der Waals surface area contributed by atoms with Gasteiger partial charge in [-0.1, -0.05) is 25.1 Å². The lowest BCUT2D eigenvalue weighted by Gasteiger charge is -2.15. The van der Waals surface area contributed by atoms with Gasteiger partial charge < -0.3 is 9.51 Å². The summed E-state index contributed by atoms with van der Waals surface area (Å²) in [5, 5.41) is 0.610. The van der Waals surface area contributed by atoms with Crippen LogP contribution in [0, 0.1) is 0 Å². The maximum atomic E-state index is 12.7. The SMILES string of the molecule is CCOP(C)(=O)c1ccc(C(C)C(=O)Cc2cnc(-c3ccccn3)[nH]c2=O)cc1. The van der Waals surface area contributed by atoms with Crippen LogP contribution in [0.25, 0.3) is 11.5 Å². The lowest BCUT2D eigenvalue weighted by atomic mass is 9.93. The number of hydrogen-bond donors (Lipinski definition) is 1. The topological polar surface area (TPSA) is 102 Å².